The quantitative estimate of drug-likeness (QED) is 0.498. The fourth-order valence-corrected chi connectivity index (χ4v) is 9.64. The molecule has 4 heterocycles. The summed E-state index contributed by atoms with van der Waals surface area (Å²) < 4.78 is 1.16. The number of amides is 1. The molecule has 1 amide bonds. The van der Waals surface area contributed by atoms with Crippen LogP contribution in [0.2, 0.25) is 0 Å². The van der Waals surface area contributed by atoms with Gasteiger partial charge in [0.25, 0.3) is 0 Å². The highest BCUT2D eigenvalue weighted by molar-refractivity contribution is 8.00. The Morgan fingerprint density at radius 1 is 1.03 bits per heavy atom. The lowest BCUT2D eigenvalue weighted by molar-refractivity contribution is -0.897. The SMILES string of the molecule is CC(CC1CCCN(C(C)C)C12CC[N+](C)(C)CC2)N1C(=O)CCSC12CCN(C(C)(C)C)CC2. The van der Waals surface area contributed by atoms with Gasteiger partial charge in [0, 0.05) is 61.3 Å². The van der Waals surface area contributed by atoms with E-state index in [1.165, 1.54) is 51.7 Å². The van der Waals surface area contributed by atoms with Crippen LogP contribution in [-0.4, -0.2) is 106 Å². The molecular weight excluding hydrogens is 452 g/mol. The number of rotatable bonds is 4. The molecular formula is C29H55N4OS+. The molecule has 2 spiro atoms. The monoisotopic (exact) mass is 507 g/mol. The van der Waals surface area contributed by atoms with E-state index >= 15 is 0 Å². The van der Waals surface area contributed by atoms with Crippen LogP contribution in [0.25, 0.3) is 0 Å². The number of carbonyl (C=O) groups excluding carboxylic acids is 1. The van der Waals surface area contributed by atoms with Crippen LogP contribution in [-0.2, 0) is 4.79 Å². The van der Waals surface area contributed by atoms with E-state index in [1.807, 2.05) is 0 Å². The van der Waals surface area contributed by atoms with E-state index in [2.05, 4.69) is 82.1 Å². The van der Waals surface area contributed by atoms with E-state index in [4.69, 9.17) is 0 Å². The molecule has 0 aromatic carbocycles. The average molecular weight is 508 g/mol. The van der Waals surface area contributed by atoms with Gasteiger partial charge in [0.15, 0.2) is 0 Å². The minimum atomic E-state index is 0.0154. The normalized spacial score (nSPS) is 30.8. The largest absolute Gasteiger partial charge is 0.328 e. The maximum atomic E-state index is 13.5. The molecule has 0 aromatic rings. The van der Waals surface area contributed by atoms with Crippen LogP contribution in [0.1, 0.15) is 92.9 Å². The van der Waals surface area contributed by atoms with Crippen molar-refractivity contribution in [2.24, 2.45) is 5.92 Å². The number of hydrogen-bond donors (Lipinski definition) is 0. The molecule has 4 aliphatic heterocycles. The highest BCUT2D eigenvalue weighted by atomic mass is 32.2. The third-order valence-electron chi connectivity index (χ3n) is 10.2. The summed E-state index contributed by atoms with van der Waals surface area (Å²) in [7, 11) is 4.81. The summed E-state index contributed by atoms with van der Waals surface area (Å²) >= 11 is 2.10. The fraction of sp³-hybridized carbons (Fsp3) is 0.966. The van der Waals surface area contributed by atoms with Crippen LogP contribution in [0.4, 0.5) is 0 Å². The summed E-state index contributed by atoms with van der Waals surface area (Å²) in [5.74, 6) is 2.12. The van der Waals surface area contributed by atoms with Gasteiger partial charge in [-0.05, 0) is 86.1 Å². The molecule has 6 heteroatoms. The summed E-state index contributed by atoms with van der Waals surface area (Å²) in [6.07, 6.45) is 9.39. The van der Waals surface area contributed by atoms with Crippen molar-refractivity contribution in [3.05, 3.63) is 0 Å². The number of quaternary nitrogens is 1. The first-order valence-corrected chi connectivity index (χ1v) is 15.6. The molecule has 0 aliphatic carbocycles. The first-order valence-electron chi connectivity index (χ1n) is 14.6. The zero-order valence-corrected chi connectivity index (χ0v) is 25.1. The minimum absolute atomic E-state index is 0.0154. The van der Waals surface area contributed by atoms with Gasteiger partial charge >= 0.3 is 0 Å². The Bertz CT molecular complexity index is 742. The van der Waals surface area contributed by atoms with Crippen molar-refractivity contribution in [1.82, 2.24) is 14.7 Å². The van der Waals surface area contributed by atoms with Gasteiger partial charge in [-0.3, -0.25) is 14.6 Å². The number of piperidine rings is 3. The van der Waals surface area contributed by atoms with Gasteiger partial charge in [0.2, 0.25) is 5.91 Å². The lowest BCUT2D eigenvalue weighted by atomic mass is 9.67. The molecule has 0 N–H and O–H groups in total. The average Bonchev–Trinajstić information content (AvgIpc) is 2.76. The number of hydrogen-bond acceptors (Lipinski definition) is 4. The van der Waals surface area contributed by atoms with Gasteiger partial charge < -0.3 is 9.38 Å². The number of thioether (sulfide) groups is 1. The van der Waals surface area contributed by atoms with Gasteiger partial charge in [-0.25, -0.2) is 0 Å². The maximum absolute atomic E-state index is 13.5. The van der Waals surface area contributed by atoms with Crippen LogP contribution < -0.4 is 0 Å². The number of nitrogens with zero attached hydrogens (tertiary/aromatic N) is 4. The molecule has 202 valence electrons. The van der Waals surface area contributed by atoms with Crippen molar-refractivity contribution in [2.75, 3.05) is 52.6 Å². The van der Waals surface area contributed by atoms with Gasteiger partial charge in [-0.15, -0.1) is 11.8 Å². The van der Waals surface area contributed by atoms with Crippen LogP contribution in [0, 0.1) is 5.92 Å². The highest BCUT2D eigenvalue weighted by Gasteiger charge is 2.53. The molecule has 5 nitrogen and oxygen atoms in total. The minimum Gasteiger partial charge on any atom is -0.328 e. The summed E-state index contributed by atoms with van der Waals surface area (Å²) in [5, 5.41) is 0. The predicted octanol–water partition coefficient (Wildman–Crippen LogP) is 5.05. The van der Waals surface area contributed by atoms with Crippen molar-refractivity contribution >= 4 is 17.7 Å². The molecule has 2 unspecified atom stereocenters. The summed E-state index contributed by atoms with van der Waals surface area (Å²) in [5.41, 5.74) is 0.534. The third-order valence-corrected chi connectivity index (χ3v) is 11.7. The van der Waals surface area contributed by atoms with Crippen molar-refractivity contribution in [2.45, 2.75) is 121 Å². The Labute approximate surface area is 220 Å². The molecule has 2 atom stereocenters. The lowest BCUT2D eigenvalue weighted by Crippen LogP contribution is -2.67. The van der Waals surface area contributed by atoms with Crippen LogP contribution >= 0.6 is 11.8 Å². The van der Waals surface area contributed by atoms with E-state index in [9.17, 15) is 4.79 Å². The highest BCUT2D eigenvalue weighted by Crippen LogP contribution is 2.49. The standard InChI is InChI=1S/C29H55N4OS/c1-23(2)31-16-9-10-25(28(31)14-19-33(7,8)20-15-28)22-24(3)32-26(34)11-21-35-29(32)12-17-30(18-13-29)27(4,5)6/h23-25H,9-22H2,1-8H3/q+1. The van der Waals surface area contributed by atoms with Crippen molar-refractivity contribution < 1.29 is 9.28 Å². The summed E-state index contributed by atoms with van der Waals surface area (Å²) in [6.45, 7) is 20.2. The molecule has 0 saturated carbocycles. The van der Waals surface area contributed by atoms with Gasteiger partial charge in [-0.1, -0.05) is 0 Å². The zero-order valence-electron chi connectivity index (χ0n) is 24.2. The molecule has 0 aromatic heterocycles. The van der Waals surface area contributed by atoms with Crippen LogP contribution in [0.5, 0.6) is 0 Å². The zero-order chi connectivity index (χ0) is 25.6. The molecule has 4 rings (SSSR count). The van der Waals surface area contributed by atoms with Gasteiger partial charge in [-0.2, -0.15) is 0 Å². The molecule has 4 fully saturated rings. The number of carbonyl (C=O) groups is 1. The van der Waals surface area contributed by atoms with Crippen molar-refractivity contribution in [3.8, 4) is 0 Å². The van der Waals surface area contributed by atoms with Crippen LogP contribution in [0.3, 0.4) is 0 Å². The topological polar surface area (TPSA) is 26.8 Å². The Morgan fingerprint density at radius 3 is 2.23 bits per heavy atom. The Balaban J connectivity index is 1.55. The second-order valence-corrected chi connectivity index (χ2v) is 15.6. The fourth-order valence-electron chi connectivity index (χ4n) is 8.09. The maximum Gasteiger partial charge on any atom is 0.224 e. The molecule has 0 radical (unpaired) electrons. The van der Waals surface area contributed by atoms with Crippen LogP contribution in [0.15, 0.2) is 0 Å². The third kappa shape index (κ3) is 5.47. The van der Waals surface area contributed by atoms with E-state index in [0.717, 1.165) is 42.6 Å². The smallest absolute Gasteiger partial charge is 0.224 e. The van der Waals surface area contributed by atoms with E-state index < -0.39 is 0 Å². The van der Waals surface area contributed by atoms with Crippen molar-refractivity contribution in [3.63, 3.8) is 0 Å². The Kier molecular flexibility index (Phi) is 8.01. The van der Waals surface area contributed by atoms with E-state index in [0.29, 0.717) is 29.4 Å². The number of likely N-dealkylation sites (tertiary alicyclic amines) is 3. The predicted molar refractivity (Wildman–Crippen MR) is 150 cm³/mol. The van der Waals surface area contributed by atoms with Gasteiger partial charge in [0.05, 0.1) is 32.1 Å². The summed E-state index contributed by atoms with van der Waals surface area (Å²) in [4.78, 5) is 21.5. The Hall–Kier alpha value is -0.300. The first-order chi connectivity index (χ1) is 16.3. The van der Waals surface area contributed by atoms with Gasteiger partial charge in [0.1, 0.15) is 0 Å². The molecule has 4 saturated heterocycles. The molecule has 0 bridgehead atoms. The first kappa shape index (κ1) is 27.7. The second-order valence-electron chi connectivity index (χ2n) is 14.2. The molecule has 35 heavy (non-hydrogen) atoms. The lowest BCUT2D eigenvalue weighted by Gasteiger charge is -2.59. The van der Waals surface area contributed by atoms with E-state index in [1.54, 1.807) is 0 Å². The Morgan fingerprint density at radius 2 is 1.66 bits per heavy atom. The van der Waals surface area contributed by atoms with Crippen molar-refractivity contribution in [1.29, 1.82) is 0 Å². The summed E-state index contributed by atoms with van der Waals surface area (Å²) in [6, 6.07) is 0.928. The second kappa shape index (κ2) is 10.1. The van der Waals surface area contributed by atoms with E-state index in [-0.39, 0.29) is 10.4 Å². The molecule has 4 aliphatic rings.